The van der Waals surface area contributed by atoms with Gasteiger partial charge in [0, 0.05) is 19.5 Å². The number of hydrogen-bond acceptors (Lipinski definition) is 12. The Hall–Kier alpha value is -6.36. The number of primary amides is 1. The van der Waals surface area contributed by atoms with Gasteiger partial charge in [0.05, 0.1) is 25.7 Å². The summed E-state index contributed by atoms with van der Waals surface area (Å²) in [6, 6.07) is 0.851. The molecule has 0 aliphatic carbocycles. The van der Waals surface area contributed by atoms with Gasteiger partial charge in [-0.3, -0.25) is 48.1 Å². The van der Waals surface area contributed by atoms with E-state index in [4.69, 9.17) is 22.9 Å². The van der Waals surface area contributed by atoms with Crippen LogP contribution < -0.4 is 60.2 Å². The van der Waals surface area contributed by atoms with Crippen molar-refractivity contribution in [1.82, 2.24) is 42.1 Å². The average molecular weight is 902 g/mol. The van der Waals surface area contributed by atoms with Crippen LogP contribution in [0.25, 0.3) is 0 Å². The molecule has 1 aromatic rings. The Kier molecular flexibility index (Phi) is 22.7. The minimum atomic E-state index is -1.46. The van der Waals surface area contributed by atoms with E-state index in [1.165, 1.54) is 11.8 Å². The lowest BCUT2D eigenvalue weighted by Crippen LogP contribution is -2.58. The van der Waals surface area contributed by atoms with Crippen molar-refractivity contribution in [2.75, 3.05) is 32.8 Å². The second kappa shape index (κ2) is 27.0. The van der Waals surface area contributed by atoms with E-state index in [2.05, 4.69) is 42.2 Å². The van der Waals surface area contributed by atoms with Crippen molar-refractivity contribution in [2.24, 2.45) is 39.8 Å². The fourth-order valence-electron chi connectivity index (χ4n) is 6.70. The second-order valence-corrected chi connectivity index (χ2v) is 16.4. The highest BCUT2D eigenvalue weighted by molar-refractivity contribution is 5.97. The monoisotopic (exact) mass is 902 g/mol. The number of nitrogens with one attached hydrogen (secondary N) is 7. The van der Waals surface area contributed by atoms with Crippen LogP contribution in [0.2, 0.25) is 0 Å². The summed E-state index contributed by atoms with van der Waals surface area (Å²) >= 11 is 0. The minimum Gasteiger partial charge on any atom is -0.394 e. The van der Waals surface area contributed by atoms with Crippen molar-refractivity contribution in [3.05, 3.63) is 35.9 Å². The lowest BCUT2D eigenvalue weighted by molar-refractivity contribution is -0.140. The molecule has 23 heteroatoms. The molecule has 23 nitrogen and oxygen atoms in total. The van der Waals surface area contributed by atoms with E-state index >= 15 is 0 Å². The highest BCUT2D eigenvalue weighted by Crippen LogP contribution is 2.18. The van der Waals surface area contributed by atoms with Gasteiger partial charge in [-0.15, -0.1) is 0 Å². The summed E-state index contributed by atoms with van der Waals surface area (Å²) in [5.74, 6) is -7.22. The quantitative estimate of drug-likeness (QED) is 0.0237. The first-order valence-corrected chi connectivity index (χ1v) is 21.3. The third-order valence-electron chi connectivity index (χ3n) is 10.0. The van der Waals surface area contributed by atoms with E-state index in [0.717, 1.165) is 0 Å². The molecule has 0 aromatic heterocycles. The fraction of sp³-hybridized carbons (Fsp3) is 0.610. The highest BCUT2D eigenvalue weighted by Gasteiger charge is 2.37. The van der Waals surface area contributed by atoms with Crippen molar-refractivity contribution in [3.63, 3.8) is 0 Å². The smallest absolute Gasteiger partial charge is 0.245 e. The molecule has 0 unspecified atom stereocenters. The Morgan fingerprint density at radius 3 is 1.89 bits per heavy atom. The standard InChI is InChI=1S/C41H67N13O10/c1-22(2)17-27(35(59)47-20-32(57)53-33(23(3)4)39(63)50-26(34(43)58)13-9-15-46-41(44)45)51-37(61)28(18-25-11-7-6-8-12-25)49-31(56)19-48-36(60)29(21-55)52-38(62)30-14-10-16-54(30)40(64)24(5)42/h6-8,11-12,22-24,26-30,33,55H,9-10,13-21,42H2,1-5H3,(H2,43,58)(H,47,59)(H,48,60)(H,49,56)(H,50,63)(H,51,61)(H,52,62)(H,53,57)(H4,44,45,46)/t24-,26-,27-,28-,29-,30-,33-/m0/s1. The number of carbonyl (C=O) groups is 9. The largest absolute Gasteiger partial charge is 0.394 e. The zero-order valence-electron chi connectivity index (χ0n) is 37.2. The van der Waals surface area contributed by atoms with Crippen molar-refractivity contribution >= 4 is 59.1 Å². The number of hydrogen-bond donors (Lipinski definition) is 12. The molecule has 0 bridgehead atoms. The van der Waals surface area contributed by atoms with Crippen LogP contribution in [0, 0.1) is 11.8 Å². The van der Waals surface area contributed by atoms with E-state index in [9.17, 15) is 48.3 Å². The molecule has 2 rings (SSSR count). The Bertz CT molecular complexity index is 1810. The van der Waals surface area contributed by atoms with E-state index in [1.54, 1.807) is 44.2 Å². The highest BCUT2D eigenvalue weighted by atomic mass is 16.3. The second-order valence-electron chi connectivity index (χ2n) is 16.4. The number of likely N-dealkylation sites (tertiary alicyclic amines) is 1. The number of guanidine groups is 1. The van der Waals surface area contributed by atoms with E-state index in [1.807, 2.05) is 13.8 Å². The van der Waals surface area contributed by atoms with Crippen LogP contribution in [0.4, 0.5) is 0 Å². The van der Waals surface area contributed by atoms with Gasteiger partial charge in [-0.1, -0.05) is 58.0 Å². The van der Waals surface area contributed by atoms with E-state index in [-0.39, 0.29) is 37.7 Å². The van der Waals surface area contributed by atoms with Crippen LogP contribution >= 0.6 is 0 Å². The number of carbonyl (C=O) groups excluding carboxylic acids is 9. The number of aliphatic hydroxyl groups is 1. The zero-order valence-corrected chi connectivity index (χ0v) is 37.2. The van der Waals surface area contributed by atoms with Crippen LogP contribution in [-0.2, 0) is 49.6 Å². The van der Waals surface area contributed by atoms with Crippen molar-refractivity contribution in [1.29, 1.82) is 0 Å². The molecule has 356 valence electrons. The molecule has 1 fully saturated rings. The summed E-state index contributed by atoms with van der Waals surface area (Å²) in [6.45, 7) is 6.89. The summed E-state index contributed by atoms with van der Waals surface area (Å²) in [4.78, 5) is 122. The summed E-state index contributed by atoms with van der Waals surface area (Å²) in [5.41, 5.74) is 22.5. The fourth-order valence-corrected chi connectivity index (χ4v) is 6.70. The first-order chi connectivity index (χ1) is 30.1. The van der Waals surface area contributed by atoms with Gasteiger partial charge in [0.25, 0.3) is 0 Å². The number of nitrogens with two attached hydrogens (primary N) is 4. The molecule has 7 atom stereocenters. The molecule has 0 saturated carbocycles. The average Bonchev–Trinajstić information content (AvgIpc) is 3.73. The third kappa shape index (κ3) is 18.5. The van der Waals surface area contributed by atoms with Gasteiger partial charge in [0.15, 0.2) is 5.96 Å². The minimum absolute atomic E-state index is 0.0241. The molecule has 1 aliphatic rings. The maximum Gasteiger partial charge on any atom is 0.245 e. The number of aliphatic imine (C=N–C) groups is 1. The Morgan fingerprint density at radius 2 is 1.34 bits per heavy atom. The van der Waals surface area contributed by atoms with Crippen LogP contribution in [0.5, 0.6) is 0 Å². The lowest BCUT2D eigenvalue weighted by atomic mass is 10.0. The van der Waals surface area contributed by atoms with Gasteiger partial charge in [0.2, 0.25) is 53.2 Å². The molecule has 16 N–H and O–H groups in total. The molecule has 0 spiro atoms. The number of nitrogens with zero attached hydrogens (tertiary/aromatic N) is 2. The number of aliphatic hydroxyl groups excluding tert-OH is 1. The molecular weight excluding hydrogens is 835 g/mol. The molecule has 9 amide bonds. The zero-order chi connectivity index (χ0) is 48.1. The molecule has 1 heterocycles. The van der Waals surface area contributed by atoms with Crippen LogP contribution in [0.1, 0.15) is 72.3 Å². The molecule has 64 heavy (non-hydrogen) atoms. The Morgan fingerprint density at radius 1 is 0.750 bits per heavy atom. The van der Waals surface area contributed by atoms with Crippen molar-refractivity contribution in [3.8, 4) is 0 Å². The van der Waals surface area contributed by atoms with Gasteiger partial charge >= 0.3 is 0 Å². The SMILES string of the molecule is CC(C)C[C@H](NC(=O)[C@H](Cc1ccccc1)NC(=O)CNC(=O)[C@H](CO)NC(=O)[C@@H]1CCCN1C(=O)[C@H](C)N)C(=O)NCC(=O)N[C@H](C(=O)N[C@@H](CCCN=C(N)N)C(N)=O)C(C)C. The molecular formula is C41H67N13O10. The summed E-state index contributed by atoms with van der Waals surface area (Å²) in [6.07, 6.45) is 1.44. The van der Waals surface area contributed by atoms with Gasteiger partial charge in [-0.05, 0) is 56.4 Å². The van der Waals surface area contributed by atoms with E-state index in [0.29, 0.717) is 31.4 Å². The number of benzene rings is 1. The lowest BCUT2D eigenvalue weighted by Gasteiger charge is -2.27. The Labute approximate surface area is 372 Å². The number of rotatable bonds is 26. The predicted molar refractivity (Wildman–Crippen MR) is 235 cm³/mol. The first-order valence-electron chi connectivity index (χ1n) is 21.3. The van der Waals surface area contributed by atoms with Gasteiger partial charge in [0.1, 0.15) is 36.3 Å². The normalized spacial score (nSPS) is 16.2. The molecule has 1 aromatic carbocycles. The summed E-state index contributed by atoms with van der Waals surface area (Å²) in [5, 5.41) is 27.5. The molecule has 1 saturated heterocycles. The maximum absolute atomic E-state index is 13.8. The summed E-state index contributed by atoms with van der Waals surface area (Å²) < 4.78 is 0. The maximum atomic E-state index is 13.8. The van der Waals surface area contributed by atoms with Crippen molar-refractivity contribution < 1.29 is 48.3 Å². The third-order valence-corrected chi connectivity index (χ3v) is 10.0. The first kappa shape index (κ1) is 53.8. The molecule has 1 aliphatic heterocycles. The summed E-state index contributed by atoms with van der Waals surface area (Å²) in [7, 11) is 0. The van der Waals surface area contributed by atoms with Gasteiger partial charge in [-0.2, -0.15) is 0 Å². The number of amides is 9. The Balaban J connectivity index is 2.10. The topological polar surface area (TPSA) is 378 Å². The van der Waals surface area contributed by atoms with Crippen LogP contribution in [0.3, 0.4) is 0 Å². The van der Waals surface area contributed by atoms with Crippen LogP contribution in [0.15, 0.2) is 35.3 Å². The van der Waals surface area contributed by atoms with Crippen molar-refractivity contribution in [2.45, 2.75) is 115 Å². The van der Waals surface area contributed by atoms with E-state index < -0.39 is 121 Å². The van der Waals surface area contributed by atoms with Gasteiger partial charge < -0.3 is 70.2 Å². The predicted octanol–water partition coefficient (Wildman–Crippen LogP) is -4.54. The van der Waals surface area contributed by atoms with Crippen LogP contribution in [-0.4, -0.2) is 144 Å². The van der Waals surface area contributed by atoms with Gasteiger partial charge in [-0.25, -0.2) is 0 Å². The molecule has 0 radical (unpaired) electrons.